The smallest absolute Gasteiger partial charge is 0.406 e. The van der Waals surface area contributed by atoms with Gasteiger partial charge in [-0.25, -0.2) is 4.39 Å². The monoisotopic (exact) mass is 314 g/mol. The molecule has 0 bridgehead atoms. The maximum atomic E-state index is 12.9. The minimum atomic E-state index is -4.60. The molecular weight excluding hydrogens is 306 g/mol. The number of benzene rings is 1. The molecule has 0 unspecified atom stereocenters. The van der Waals surface area contributed by atoms with E-state index >= 15 is 0 Å². The summed E-state index contributed by atoms with van der Waals surface area (Å²) in [6.07, 6.45) is -3.16. The van der Waals surface area contributed by atoms with Gasteiger partial charge in [0.15, 0.2) is 5.43 Å². The van der Waals surface area contributed by atoms with Gasteiger partial charge >= 0.3 is 6.18 Å². The van der Waals surface area contributed by atoms with Crippen molar-refractivity contribution in [1.82, 2.24) is 4.57 Å². The van der Waals surface area contributed by atoms with Crippen molar-refractivity contribution in [3.63, 3.8) is 0 Å². The Morgan fingerprint density at radius 2 is 1.73 bits per heavy atom. The highest BCUT2D eigenvalue weighted by atomic mass is 19.4. The number of aromatic nitrogens is 1. The lowest BCUT2D eigenvalue weighted by Gasteiger charge is -2.14. The second kappa shape index (κ2) is 5.63. The third kappa shape index (κ3) is 3.51. The van der Waals surface area contributed by atoms with Crippen LogP contribution in [0.3, 0.4) is 0 Å². The van der Waals surface area contributed by atoms with Gasteiger partial charge in [0.1, 0.15) is 12.4 Å². The Bertz CT molecular complexity index is 763. The zero-order valence-electron chi connectivity index (χ0n) is 10.9. The largest absolute Gasteiger partial charge is 0.545 e. The number of nitrogens with zero attached hydrogens (tertiary/aromatic N) is 1. The van der Waals surface area contributed by atoms with E-state index in [0.717, 1.165) is 18.3 Å². The van der Waals surface area contributed by atoms with Crippen molar-refractivity contribution < 1.29 is 27.5 Å². The van der Waals surface area contributed by atoms with Gasteiger partial charge in [-0.15, -0.1) is 0 Å². The number of carboxylic acid groups (broad SMARTS) is 1. The van der Waals surface area contributed by atoms with E-state index < -0.39 is 35.5 Å². The molecule has 0 spiro atoms. The number of alkyl halides is 3. The van der Waals surface area contributed by atoms with Gasteiger partial charge in [0.25, 0.3) is 0 Å². The molecule has 0 saturated heterocycles. The van der Waals surface area contributed by atoms with Crippen LogP contribution >= 0.6 is 0 Å². The molecule has 4 nitrogen and oxygen atoms in total. The molecule has 1 heterocycles. The zero-order chi connectivity index (χ0) is 16.5. The lowest BCUT2D eigenvalue weighted by Crippen LogP contribution is -2.31. The summed E-state index contributed by atoms with van der Waals surface area (Å²) in [4.78, 5) is 22.9. The van der Waals surface area contributed by atoms with Gasteiger partial charge in [0.2, 0.25) is 0 Å². The Kier molecular flexibility index (Phi) is 4.03. The first-order valence-electron chi connectivity index (χ1n) is 5.95. The summed E-state index contributed by atoms with van der Waals surface area (Å²) in [6, 6.07) is 4.36. The van der Waals surface area contributed by atoms with E-state index in [4.69, 9.17) is 0 Å². The summed E-state index contributed by atoms with van der Waals surface area (Å²) in [5, 5.41) is 10.9. The Hall–Kier alpha value is -2.64. The predicted molar refractivity (Wildman–Crippen MR) is 66.5 cm³/mol. The molecule has 0 radical (unpaired) electrons. The van der Waals surface area contributed by atoms with Crippen molar-refractivity contribution in [3.05, 3.63) is 58.3 Å². The number of hydrogen-bond acceptors (Lipinski definition) is 3. The second-order valence-electron chi connectivity index (χ2n) is 4.50. The average molecular weight is 314 g/mol. The molecule has 116 valence electrons. The van der Waals surface area contributed by atoms with Crippen LogP contribution in [0.5, 0.6) is 0 Å². The third-order valence-electron chi connectivity index (χ3n) is 2.82. The van der Waals surface area contributed by atoms with Gasteiger partial charge in [0.05, 0.1) is 11.5 Å². The molecule has 1 aromatic carbocycles. The van der Waals surface area contributed by atoms with Crippen molar-refractivity contribution in [2.24, 2.45) is 0 Å². The third-order valence-corrected chi connectivity index (χ3v) is 2.82. The number of aromatic carboxylic acids is 1. The molecule has 0 aliphatic heterocycles. The lowest BCUT2D eigenvalue weighted by molar-refractivity contribution is -0.255. The summed E-state index contributed by atoms with van der Waals surface area (Å²) in [5.41, 5.74) is -2.08. The van der Waals surface area contributed by atoms with Gasteiger partial charge in [-0.3, -0.25) is 4.79 Å². The molecule has 0 N–H and O–H groups in total. The van der Waals surface area contributed by atoms with Crippen LogP contribution in [0.1, 0.15) is 10.4 Å². The van der Waals surface area contributed by atoms with E-state index in [9.17, 15) is 32.3 Å². The van der Waals surface area contributed by atoms with Crippen LogP contribution in [0.25, 0.3) is 11.1 Å². The Morgan fingerprint density at radius 1 is 1.14 bits per heavy atom. The van der Waals surface area contributed by atoms with Crippen LogP contribution in [0.4, 0.5) is 17.6 Å². The first-order valence-corrected chi connectivity index (χ1v) is 5.95. The molecule has 0 saturated carbocycles. The highest BCUT2D eigenvalue weighted by Gasteiger charge is 2.28. The van der Waals surface area contributed by atoms with E-state index in [2.05, 4.69) is 0 Å². The summed E-state index contributed by atoms with van der Waals surface area (Å²) in [7, 11) is 0. The van der Waals surface area contributed by atoms with E-state index in [1.807, 2.05) is 0 Å². The molecule has 2 rings (SSSR count). The van der Waals surface area contributed by atoms with Gasteiger partial charge in [-0.1, -0.05) is 12.1 Å². The van der Waals surface area contributed by atoms with Crippen LogP contribution < -0.4 is 10.5 Å². The van der Waals surface area contributed by atoms with Crippen LogP contribution in [-0.4, -0.2) is 16.7 Å². The number of carbonyl (C=O) groups is 1. The van der Waals surface area contributed by atoms with Crippen molar-refractivity contribution >= 4 is 5.97 Å². The standard InChI is InChI=1S/C14H9F4NO3/c15-9-3-1-8(2-4-9)10-5-19(7-14(16,17)18)6-11(12(10)20)13(21)22/h1-6H,7H2,(H,21,22)/p-1. The molecule has 0 fully saturated rings. The van der Waals surface area contributed by atoms with Gasteiger partial charge in [-0.2, -0.15) is 13.2 Å². The van der Waals surface area contributed by atoms with Crippen LogP contribution in [0.2, 0.25) is 0 Å². The molecule has 2 aromatic rings. The topological polar surface area (TPSA) is 62.1 Å². The van der Waals surface area contributed by atoms with Crippen LogP contribution in [-0.2, 0) is 6.54 Å². The van der Waals surface area contributed by atoms with Crippen molar-refractivity contribution in [1.29, 1.82) is 0 Å². The van der Waals surface area contributed by atoms with E-state index in [0.29, 0.717) is 10.8 Å². The molecule has 8 heteroatoms. The Balaban J connectivity index is 2.64. The highest BCUT2D eigenvalue weighted by molar-refractivity contribution is 5.87. The normalized spacial score (nSPS) is 11.5. The van der Waals surface area contributed by atoms with Crippen molar-refractivity contribution in [3.8, 4) is 11.1 Å². The molecular formula is C14H8F4NO3-. The van der Waals surface area contributed by atoms with E-state index in [1.54, 1.807) is 0 Å². The van der Waals surface area contributed by atoms with Gasteiger partial charge < -0.3 is 14.5 Å². The average Bonchev–Trinajstić information content (AvgIpc) is 2.39. The summed E-state index contributed by atoms with van der Waals surface area (Å²) in [6.45, 7) is -1.47. The zero-order valence-corrected chi connectivity index (χ0v) is 10.9. The minimum Gasteiger partial charge on any atom is -0.545 e. The van der Waals surface area contributed by atoms with E-state index in [-0.39, 0.29) is 11.1 Å². The Labute approximate surface area is 121 Å². The maximum Gasteiger partial charge on any atom is 0.406 e. The number of carboxylic acids is 1. The second-order valence-corrected chi connectivity index (χ2v) is 4.50. The maximum absolute atomic E-state index is 12.9. The molecule has 0 amide bonds. The van der Waals surface area contributed by atoms with Gasteiger partial charge in [-0.05, 0) is 17.7 Å². The first-order chi connectivity index (χ1) is 10.2. The minimum absolute atomic E-state index is 0.102. The molecule has 22 heavy (non-hydrogen) atoms. The number of pyridine rings is 1. The molecule has 0 aliphatic carbocycles. The fourth-order valence-electron chi connectivity index (χ4n) is 1.91. The summed E-state index contributed by atoms with van der Waals surface area (Å²) >= 11 is 0. The number of hydrogen-bond donors (Lipinski definition) is 0. The fourth-order valence-corrected chi connectivity index (χ4v) is 1.91. The Morgan fingerprint density at radius 3 is 2.23 bits per heavy atom. The number of carbonyl (C=O) groups excluding carboxylic acids is 1. The van der Waals surface area contributed by atoms with Crippen molar-refractivity contribution in [2.45, 2.75) is 12.7 Å². The SMILES string of the molecule is O=C([O-])c1cn(CC(F)(F)F)cc(-c2ccc(F)cc2)c1=O. The van der Waals surface area contributed by atoms with E-state index in [1.165, 1.54) is 12.1 Å². The first kappa shape index (κ1) is 15.7. The van der Waals surface area contributed by atoms with Crippen LogP contribution in [0, 0.1) is 5.82 Å². The van der Waals surface area contributed by atoms with Crippen LogP contribution in [0.15, 0.2) is 41.5 Å². The molecule has 0 atom stereocenters. The molecule has 0 aliphatic rings. The predicted octanol–water partition coefficient (Wildman–Crippen LogP) is 1.58. The fraction of sp³-hybridized carbons (Fsp3) is 0.143. The lowest BCUT2D eigenvalue weighted by atomic mass is 10.0. The molecule has 1 aromatic heterocycles. The number of halogens is 4. The summed E-state index contributed by atoms with van der Waals surface area (Å²) in [5.74, 6) is -2.49. The van der Waals surface area contributed by atoms with Gasteiger partial charge in [0, 0.05) is 18.0 Å². The van der Waals surface area contributed by atoms with Crippen molar-refractivity contribution in [2.75, 3.05) is 0 Å². The summed E-state index contributed by atoms with van der Waals surface area (Å²) < 4.78 is 50.8. The highest BCUT2D eigenvalue weighted by Crippen LogP contribution is 2.21. The quantitative estimate of drug-likeness (QED) is 0.808. The number of rotatable bonds is 3.